The fourth-order valence-corrected chi connectivity index (χ4v) is 1.12. The molecule has 1 heterocycles. The Hall–Kier alpha value is -1.18. The molecule has 0 aliphatic rings. The van der Waals surface area contributed by atoms with Gasteiger partial charge in [-0.05, 0) is 11.6 Å². The van der Waals surface area contributed by atoms with Crippen LogP contribution in [0.3, 0.4) is 0 Å². The summed E-state index contributed by atoms with van der Waals surface area (Å²) in [4.78, 5) is 23.2. The highest BCUT2D eigenvalue weighted by Crippen LogP contribution is 2.10. The van der Waals surface area contributed by atoms with Gasteiger partial charge in [0.05, 0.1) is 18.3 Å². The molecule has 0 spiro atoms. The number of carboxylic acid groups (broad SMARTS) is 1. The van der Waals surface area contributed by atoms with Crippen molar-refractivity contribution < 1.29 is 14.7 Å². The van der Waals surface area contributed by atoms with Gasteiger partial charge in [0.25, 0.3) is 5.24 Å². The molecule has 0 fully saturated rings. The maximum Gasteiger partial charge on any atom is 0.309 e. The molecule has 0 aliphatic carbocycles. The van der Waals surface area contributed by atoms with E-state index in [2.05, 4.69) is 16.6 Å². The number of nitrogens with one attached hydrogen (secondary N) is 1. The van der Waals surface area contributed by atoms with Crippen LogP contribution < -0.4 is 5.73 Å². The lowest BCUT2D eigenvalue weighted by Crippen LogP contribution is -2.00. The van der Waals surface area contributed by atoms with Crippen molar-refractivity contribution in [3.8, 4) is 0 Å². The molecule has 0 radical (unpaired) electrons. The average Bonchev–Trinajstić information content (AvgIpc) is 2.51. The quantitative estimate of drug-likeness (QED) is 0.569. The highest BCUT2D eigenvalue weighted by Gasteiger charge is 2.02. The molecule has 9 heteroatoms. The molecule has 0 saturated carbocycles. The molecular weight excluding hydrogens is 277 g/mol. The number of carbonyl (C=O) groups is 2. The molecule has 0 unspecified atom stereocenters. The third-order valence-corrected chi connectivity index (χ3v) is 1.85. The van der Waals surface area contributed by atoms with Gasteiger partial charge in [0, 0.05) is 5.38 Å². The molecule has 0 saturated heterocycles. The zero-order valence-electron chi connectivity index (χ0n) is 7.84. The van der Waals surface area contributed by atoms with E-state index >= 15 is 0 Å². The lowest BCUT2D eigenvalue weighted by molar-refractivity contribution is -0.136. The Bertz CT molecular complexity index is 370. The smallest absolute Gasteiger partial charge is 0.309 e. The van der Waals surface area contributed by atoms with E-state index in [-0.39, 0.29) is 18.8 Å². The molecule has 1 rings (SSSR count). The maximum atomic E-state index is 10.1. The third kappa shape index (κ3) is 9.38. The van der Waals surface area contributed by atoms with E-state index in [4.69, 9.17) is 16.2 Å². The van der Waals surface area contributed by atoms with Gasteiger partial charge in [0.2, 0.25) is 0 Å². The molecule has 0 aliphatic heterocycles. The summed E-state index contributed by atoms with van der Waals surface area (Å²) in [5.74, 6) is -0.884. The third-order valence-electron chi connectivity index (χ3n) is 1.02. The SMILES string of the molecule is Cl.N=CC(=O)Cl.Nc1nc(CC(=O)O)cs1. The van der Waals surface area contributed by atoms with Gasteiger partial charge in [-0.1, -0.05) is 0 Å². The molecule has 90 valence electrons. The molecule has 1 aromatic rings. The lowest BCUT2D eigenvalue weighted by Gasteiger charge is -1.85. The van der Waals surface area contributed by atoms with Crippen molar-refractivity contribution in [1.29, 1.82) is 5.41 Å². The molecular formula is C7H9Cl2N3O3S. The van der Waals surface area contributed by atoms with E-state index in [1.807, 2.05) is 0 Å². The number of carbonyl (C=O) groups excluding carboxylic acids is 1. The molecule has 0 aromatic carbocycles. The summed E-state index contributed by atoms with van der Waals surface area (Å²) in [6.07, 6.45) is 0.495. The largest absolute Gasteiger partial charge is 0.481 e. The van der Waals surface area contributed by atoms with Crippen LogP contribution in [0.4, 0.5) is 5.13 Å². The van der Waals surface area contributed by atoms with Gasteiger partial charge in [-0.2, -0.15) is 0 Å². The van der Waals surface area contributed by atoms with Gasteiger partial charge in [0.15, 0.2) is 5.13 Å². The Morgan fingerprint density at radius 3 is 2.44 bits per heavy atom. The van der Waals surface area contributed by atoms with E-state index in [1.165, 1.54) is 11.3 Å². The lowest BCUT2D eigenvalue weighted by atomic mass is 10.3. The minimum atomic E-state index is -0.884. The summed E-state index contributed by atoms with van der Waals surface area (Å²) >= 11 is 5.83. The second-order valence-electron chi connectivity index (χ2n) is 2.20. The number of aromatic nitrogens is 1. The standard InChI is InChI=1S/C5H6N2O2S.C2H2ClNO.ClH/c6-5-7-3(2-10-5)1-4(8)9;3-2(5)1-4;/h2H,1H2,(H2,6,7)(H,8,9);1,4H;1H. The zero-order valence-corrected chi connectivity index (χ0v) is 10.2. The first-order chi connectivity index (χ1) is 6.95. The van der Waals surface area contributed by atoms with Gasteiger partial charge in [-0.25, -0.2) is 4.98 Å². The fourth-order valence-electron chi connectivity index (χ4n) is 0.559. The number of nitrogens with zero attached hydrogens (tertiary/aromatic N) is 1. The number of anilines is 1. The summed E-state index contributed by atoms with van der Waals surface area (Å²) in [7, 11) is 0. The fraction of sp³-hybridized carbons (Fsp3) is 0.143. The average molecular weight is 286 g/mol. The van der Waals surface area contributed by atoms with Gasteiger partial charge < -0.3 is 16.2 Å². The van der Waals surface area contributed by atoms with Crippen molar-refractivity contribution in [2.75, 3.05) is 5.73 Å². The molecule has 0 atom stereocenters. The van der Waals surface area contributed by atoms with Crippen LogP contribution in [0.15, 0.2) is 5.38 Å². The van der Waals surface area contributed by atoms with E-state index < -0.39 is 11.2 Å². The topological polar surface area (TPSA) is 117 Å². The minimum Gasteiger partial charge on any atom is -0.481 e. The number of hydrogen-bond donors (Lipinski definition) is 3. The molecule has 1 aromatic heterocycles. The number of nitrogen functional groups attached to an aromatic ring is 1. The molecule has 16 heavy (non-hydrogen) atoms. The van der Waals surface area contributed by atoms with Crippen LogP contribution in [-0.4, -0.2) is 27.5 Å². The van der Waals surface area contributed by atoms with Crippen LogP contribution in [-0.2, 0) is 16.0 Å². The Morgan fingerprint density at radius 1 is 1.69 bits per heavy atom. The van der Waals surface area contributed by atoms with Gasteiger partial charge in [-0.15, -0.1) is 23.7 Å². The molecule has 0 bridgehead atoms. The summed E-state index contributed by atoms with van der Waals surface area (Å²) in [5, 5.41) is 15.7. The predicted molar refractivity (Wildman–Crippen MR) is 64.8 cm³/mol. The van der Waals surface area contributed by atoms with Crippen LogP contribution in [0.25, 0.3) is 0 Å². The summed E-state index contributed by atoms with van der Waals surface area (Å²) in [6, 6.07) is 0. The number of aliphatic carboxylic acids is 1. The Morgan fingerprint density at radius 2 is 2.19 bits per heavy atom. The normalized spacial score (nSPS) is 8.06. The van der Waals surface area contributed by atoms with E-state index in [0.29, 0.717) is 17.0 Å². The van der Waals surface area contributed by atoms with E-state index in [1.54, 1.807) is 5.38 Å². The van der Waals surface area contributed by atoms with E-state index in [9.17, 15) is 9.59 Å². The molecule has 4 N–H and O–H groups in total. The molecule has 6 nitrogen and oxygen atoms in total. The second kappa shape index (κ2) is 9.08. The summed E-state index contributed by atoms with van der Waals surface area (Å²) < 4.78 is 0. The zero-order chi connectivity index (χ0) is 11.8. The van der Waals surface area contributed by atoms with Crippen molar-refractivity contribution in [2.24, 2.45) is 0 Å². The van der Waals surface area contributed by atoms with Gasteiger partial charge in [0.1, 0.15) is 0 Å². The summed E-state index contributed by atoms with van der Waals surface area (Å²) in [6.45, 7) is 0. The minimum absolute atomic E-state index is 0. The highest BCUT2D eigenvalue weighted by atomic mass is 35.5. The number of rotatable bonds is 3. The Labute approximate surface area is 106 Å². The van der Waals surface area contributed by atoms with Crippen LogP contribution >= 0.6 is 35.3 Å². The summed E-state index contributed by atoms with van der Waals surface area (Å²) in [5.41, 5.74) is 5.79. The van der Waals surface area contributed by atoms with Crippen LogP contribution in [0.2, 0.25) is 0 Å². The van der Waals surface area contributed by atoms with Crippen molar-refractivity contribution in [3.63, 3.8) is 0 Å². The van der Waals surface area contributed by atoms with Gasteiger partial charge >= 0.3 is 5.97 Å². The van der Waals surface area contributed by atoms with Crippen molar-refractivity contribution in [2.45, 2.75) is 6.42 Å². The highest BCUT2D eigenvalue weighted by molar-refractivity contribution is 7.13. The number of nitrogens with two attached hydrogens (primary N) is 1. The van der Waals surface area contributed by atoms with Crippen LogP contribution in [0.5, 0.6) is 0 Å². The van der Waals surface area contributed by atoms with Gasteiger partial charge in [-0.3, -0.25) is 9.59 Å². The predicted octanol–water partition coefficient (Wildman–Crippen LogP) is 1.18. The number of thiazole rings is 1. The van der Waals surface area contributed by atoms with Crippen molar-refractivity contribution in [1.82, 2.24) is 4.98 Å². The van der Waals surface area contributed by atoms with Crippen molar-refractivity contribution in [3.05, 3.63) is 11.1 Å². The Kier molecular flexibility index (Phi) is 9.77. The second-order valence-corrected chi connectivity index (χ2v) is 3.46. The number of halogens is 2. The monoisotopic (exact) mass is 285 g/mol. The van der Waals surface area contributed by atoms with Crippen LogP contribution in [0, 0.1) is 5.41 Å². The number of hydrogen-bond acceptors (Lipinski definition) is 6. The molecule has 0 amide bonds. The Balaban J connectivity index is 0. The van der Waals surface area contributed by atoms with E-state index in [0.717, 1.165) is 0 Å². The first-order valence-electron chi connectivity index (χ1n) is 3.57. The first kappa shape index (κ1) is 17.2. The number of carboxylic acids is 1. The first-order valence-corrected chi connectivity index (χ1v) is 4.83. The maximum absolute atomic E-state index is 10.1. The van der Waals surface area contributed by atoms with Crippen LogP contribution in [0.1, 0.15) is 5.69 Å². The van der Waals surface area contributed by atoms with Crippen molar-refractivity contribution >= 4 is 57.9 Å².